The zero-order valence-corrected chi connectivity index (χ0v) is 22.8. The lowest BCUT2D eigenvalue weighted by Gasteiger charge is -2.31. The Morgan fingerprint density at radius 1 is 0.355 bits per heavy atom. The van der Waals surface area contributed by atoms with Crippen LogP contribution in [0.1, 0.15) is 142 Å². The molecule has 0 aliphatic rings. The molecule has 0 spiro atoms. The van der Waals surface area contributed by atoms with Crippen LogP contribution in [0.25, 0.3) is 0 Å². The largest absolute Gasteiger partial charge is 0.397 e. The third-order valence-corrected chi connectivity index (χ3v) is 12.8. The van der Waals surface area contributed by atoms with E-state index < -0.39 is 8.07 Å². The highest BCUT2D eigenvalue weighted by Crippen LogP contribution is 2.31. The molecule has 0 aromatic rings. The van der Waals surface area contributed by atoms with Gasteiger partial charge in [-0.25, -0.2) is 0 Å². The minimum absolute atomic E-state index is 0.335. The van der Waals surface area contributed by atoms with Gasteiger partial charge < -0.3 is 10.2 Å². The normalized spacial score (nSPS) is 12.0. The summed E-state index contributed by atoms with van der Waals surface area (Å²) in [6.45, 7) is 5.24. The van der Waals surface area contributed by atoms with Crippen LogP contribution in [0, 0.1) is 0 Å². The maximum atomic E-state index is 9.70. The molecule has 0 aliphatic carbocycles. The second-order valence-corrected chi connectivity index (χ2v) is 15.3. The van der Waals surface area contributed by atoms with Crippen molar-refractivity contribution in [1.82, 2.24) is 0 Å². The monoisotopic (exact) mass is 456 g/mol. The number of hydrogen-bond donors (Lipinski definition) is 2. The minimum atomic E-state index is -1.48. The lowest BCUT2D eigenvalue weighted by atomic mass is 10.1. The molecular formula is C28H60O2Si. The Labute approximate surface area is 198 Å². The van der Waals surface area contributed by atoms with Gasteiger partial charge in [-0.15, -0.1) is 0 Å². The fourth-order valence-corrected chi connectivity index (χ4v) is 9.65. The van der Waals surface area contributed by atoms with Gasteiger partial charge >= 0.3 is 0 Å². The molecule has 0 aromatic carbocycles. The molecule has 0 bridgehead atoms. The van der Waals surface area contributed by atoms with Crippen LogP contribution >= 0.6 is 0 Å². The summed E-state index contributed by atoms with van der Waals surface area (Å²) in [5.74, 6) is 0. The third kappa shape index (κ3) is 20.5. The van der Waals surface area contributed by atoms with Crippen molar-refractivity contribution in [2.75, 3.05) is 13.2 Å². The van der Waals surface area contributed by atoms with Gasteiger partial charge in [0.25, 0.3) is 0 Å². The van der Waals surface area contributed by atoms with E-state index in [0.717, 1.165) is 12.1 Å². The molecule has 0 heterocycles. The van der Waals surface area contributed by atoms with E-state index in [2.05, 4.69) is 13.8 Å². The van der Waals surface area contributed by atoms with Crippen LogP contribution < -0.4 is 0 Å². The highest BCUT2D eigenvalue weighted by Gasteiger charge is 2.30. The van der Waals surface area contributed by atoms with Crippen LogP contribution in [0.5, 0.6) is 0 Å². The summed E-state index contributed by atoms with van der Waals surface area (Å²) < 4.78 is 0. The molecule has 31 heavy (non-hydrogen) atoms. The Morgan fingerprint density at radius 2 is 0.613 bits per heavy atom. The number of hydrogen-bond acceptors (Lipinski definition) is 2. The van der Waals surface area contributed by atoms with Crippen LogP contribution in [0.4, 0.5) is 0 Å². The molecule has 0 amide bonds. The lowest BCUT2D eigenvalue weighted by molar-refractivity contribution is 0.306. The first-order valence-electron chi connectivity index (χ1n) is 14.5. The van der Waals surface area contributed by atoms with Gasteiger partial charge in [0, 0.05) is 13.2 Å². The summed E-state index contributed by atoms with van der Waals surface area (Å²) in [5, 5.41) is 19.4. The predicted molar refractivity (Wildman–Crippen MR) is 143 cm³/mol. The molecule has 0 rings (SSSR count). The molecular weight excluding hydrogens is 396 g/mol. The van der Waals surface area contributed by atoms with E-state index in [9.17, 15) is 10.2 Å². The molecule has 0 aliphatic heterocycles. The highest BCUT2D eigenvalue weighted by molar-refractivity contribution is 6.80. The Kier molecular flexibility index (Phi) is 24.9. The first-order chi connectivity index (χ1) is 15.2. The van der Waals surface area contributed by atoms with Crippen LogP contribution in [0.15, 0.2) is 0 Å². The predicted octanol–water partition coefficient (Wildman–Crippen LogP) is 9.26. The summed E-state index contributed by atoms with van der Waals surface area (Å²) in [6, 6.07) is 4.70. The summed E-state index contributed by atoms with van der Waals surface area (Å²) in [4.78, 5) is 0. The fourth-order valence-electron chi connectivity index (χ4n) is 5.20. The van der Waals surface area contributed by atoms with Gasteiger partial charge in [-0.2, -0.15) is 0 Å². The Bertz CT molecular complexity index is 303. The van der Waals surface area contributed by atoms with E-state index in [4.69, 9.17) is 0 Å². The van der Waals surface area contributed by atoms with E-state index in [0.29, 0.717) is 13.2 Å². The summed E-state index contributed by atoms with van der Waals surface area (Å²) >= 11 is 0. The van der Waals surface area contributed by atoms with Crippen molar-refractivity contribution in [1.29, 1.82) is 0 Å². The Hall–Kier alpha value is 0.137. The molecule has 2 nitrogen and oxygen atoms in total. The van der Waals surface area contributed by atoms with Crippen LogP contribution in [0.3, 0.4) is 0 Å². The molecule has 0 unspecified atom stereocenters. The lowest BCUT2D eigenvalue weighted by Crippen LogP contribution is -2.36. The molecule has 0 atom stereocenters. The van der Waals surface area contributed by atoms with Crippen molar-refractivity contribution in [2.45, 2.75) is 166 Å². The third-order valence-electron chi connectivity index (χ3n) is 7.41. The SMILES string of the molecule is CCCCCCCCCCCC[Si](CCO)(CCO)CCCCCCCCCCCC. The summed E-state index contributed by atoms with van der Waals surface area (Å²) in [5.41, 5.74) is 0. The van der Waals surface area contributed by atoms with Gasteiger partial charge in [0.2, 0.25) is 0 Å². The summed E-state index contributed by atoms with van der Waals surface area (Å²) in [6.07, 6.45) is 27.8. The van der Waals surface area contributed by atoms with Crippen LogP contribution in [-0.4, -0.2) is 31.5 Å². The average molecular weight is 457 g/mol. The highest BCUT2D eigenvalue weighted by atomic mass is 28.3. The summed E-state index contributed by atoms with van der Waals surface area (Å²) in [7, 11) is -1.48. The minimum Gasteiger partial charge on any atom is -0.397 e. The van der Waals surface area contributed by atoms with Crippen molar-refractivity contribution < 1.29 is 10.2 Å². The second-order valence-electron chi connectivity index (χ2n) is 10.3. The first kappa shape index (κ1) is 31.1. The second kappa shape index (κ2) is 24.8. The molecule has 0 aromatic heterocycles. The standard InChI is InChI=1S/C28H60O2Si/c1-3-5-7-9-11-13-15-17-19-21-25-31(27-23-29,28-24-30)26-22-20-18-16-14-12-10-8-6-4-2/h29-30H,3-28H2,1-2H3. The maximum Gasteiger partial charge on any atom is 0.0580 e. The smallest absolute Gasteiger partial charge is 0.0580 e. The zero-order valence-electron chi connectivity index (χ0n) is 21.8. The van der Waals surface area contributed by atoms with Gasteiger partial charge in [0.1, 0.15) is 0 Å². The number of unbranched alkanes of at least 4 members (excludes halogenated alkanes) is 18. The fraction of sp³-hybridized carbons (Fsp3) is 1.00. The molecule has 3 heteroatoms. The molecule has 0 saturated carbocycles. The molecule has 0 saturated heterocycles. The first-order valence-corrected chi connectivity index (χ1v) is 17.3. The van der Waals surface area contributed by atoms with Gasteiger partial charge in [-0.1, -0.05) is 154 Å². The Balaban J connectivity index is 3.92. The topological polar surface area (TPSA) is 40.5 Å². The van der Waals surface area contributed by atoms with Gasteiger partial charge in [-0.05, 0) is 12.1 Å². The zero-order chi connectivity index (χ0) is 22.9. The van der Waals surface area contributed by atoms with E-state index in [1.807, 2.05) is 0 Å². The molecule has 0 radical (unpaired) electrons. The van der Waals surface area contributed by atoms with Crippen LogP contribution in [0.2, 0.25) is 24.2 Å². The number of aliphatic hydroxyl groups is 2. The van der Waals surface area contributed by atoms with E-state index in [1.165, 1.54) is 141 Å². The molecule has 0 fully saturated rings. The van der Waals surface area contributed by atoms with Crippen molar-refractivity contribution in [3.8, 4) is 0 Å². The van der Waals surface area contributed by atoms with Crippen LogP contribution in [-0.2, 0) is 0 Å². The van der Waals surface area contributed by atoms with Crippen molar-refractivity contribution >= 4 is 8.07 Å². The van der Waals surface area contributed by atoms with E-state index in [-0.39, 0.29) is 0 Å². The van der Waals surface area contributed by atoms with E-state index in [1.54, 1.807) is 0 Å². The quantitative estimate of drug-likeness (QED) is 0.100. The van der Waals surface area contributed by atoms with Gasteiger partial charge in [0.05, 0.1) is 8.07 Å². The maximum absolute atomic E-state index is 9.70. The molecule has 188 valence electrons. The number of rotatable bonds is 26. The van der Waals surface area contributed by atoms with Gasteiger partial charge in [-0.3, -0.25) is 0 Å². The Morgan fingerprint density at radius 3 is 0.871 bits per heavy atom. The average Bonchev–Trinajstić information content (AvgIpc) is 2.77. The van der Waals surface area contributed by atoms with Crippen molar-refractivity contribution in [3.05, 3.63) is 0 Å². The van der Waals surface area contributed by atoms with Gasteiger partial charge in [0.15, 0.2) is 0 Å². The van der Waals surface area contributed by atoms with Crippen molar-refractivity contribution in [2.24, 2.45) is 0 Å². The van der Waals surface area contributed by atoms with Crippen molar-refractivity contribution in [3.63, 3.8) is 0 Å². The number of aliphatic hydroxyl groups excluding tert-OH is 2. The molecule has 2 N–H and O–H groups in total. The van der Waals surface area contributed by atoms with E-state index >= 15 is 0 Å².